The van der Waals surface area contributed by atoms with Gasteiger partial charge < -0.3 is 15.3 Å². The number of nitrogens with one attached hydrogen (secondary N) is 1. The van der Waals surface area contributed by atoms with E-state index >= 15 is 0 Å². The Morgan fingerprint density at radius 1 is 1.39 bits per heavy atom. The summed E-state index contributed by atoms with van der Waals surface area (Å²) in [6.07, 6.45) is -0.539. The molecule has 1 amide bonds. The minimum Gasteiger partial charge on any atom is -0.391 e. The topological polar surface area (TPSA) is 78.4 Å². The van der Waals surface area contributed by atoms with E-state index in [2.05, 4.69) is 15.5 Å². The molecule has 1 unspecified atom stereocenters. The van der Waals surface area contributed by atoms with E-state index < -0.39 is 11.6 Å². The number of hydrogen-bond acceptors (Lipinski definition) is 5. The van der Waals surface area contributed by atoms with E-state index in [1.54, 1.807) is 33.2 Å². The van der Waals surface area contributed by atoms with E-state index in [9.17, 15) is 9.90 Å². The molecule has 0 saturated heterocycles. The Morgan fingerprint density at radius 2 is 2.00 bits per heavy atom. The highest BCUT2D eigenvalue weighted by Crippen LogP contribution is 2.16. The van der Waals surface area contributed by atoms with Crippen LogP contribution in [0.4, 0.5) is 5.82 Å². The van der Waals surface area contributed by atoms with Crippen molar-refractivity contribution in [3.8, 4) is 0 Å². The highest BCUT2D eigenvalue weighted by atomic mass is 16.3. The van der Waals surface area contributed by atoms with Crippen molar-refractivity contribution in [1.29, 1.82) is 0 Å². The first-order valence-electron chi connectivity index (χ1n) is 5.75. The van der Waals surface area contributed by atoms with Crippen molar-refractivity contribution in [2.45, 2.75) is 32.4 Å². The molecule has 1 aromatic rings. The molecule has 0 aliphatic carbocycles. The Bertz CT molecular complexity index is 413. The fourth-order valence-electron chi connectivity index (χ4n) is 1.18. The van der Waals surface area contributed by atoms with Gasteiger partial charge in [0, 0.05) is 14.1 Å². The van der Waals surface area contributed by atoms with Crippen molar-refractivity contribution < 1.29 is 9.90 Å². The second kappa shape index (κ2) is 5.30. The number of aromatic nitrogens is 2. The summed E-state index contributed by atoms with van der Waals surface area (Å²) in [5.74, 6) is 0.333. The van der Waals surface area contributed by atoms with Crippen LogP contribution in [0.2, 0.25) is 0 Å². The Morgan fingerprint density at radius 3 is 2.39 bits per heavy atom. The van der Waals surface area contributed by atoms with Gasteiger partial charge in [0.25, 0.3) is 5.91 Å². The van der Waals surface area contributed by atoms with Gasteiger partial charge in [0.05, 0.1) is 11.6 Å². The maximum absolute atomic E-state index is 11.6. The average Bonchev–Trinajstić information content (AvgIpc) is 2.28. The summed E-state index contributed by atoms with van der Waals surface area (Å²) < 4.78 is 0. The average molecular weight is 252 g/mol. The Balaban J connectivity index is 2.81. The van der Waals surface area contributed by atoms with Crippen LogP contribution in [0.1, 0.15) is 31.3 Å². The van der Waals surface area contributed by atoms with E-state index in [0.717, 1.165) is 0 Å². The summed E-state index contributed by atoms with van der Waals surface area (Å²) in [5.41, 5.74) is -0.220. The van der Waals surface area contributed by atoms with Crippen LogP contribution in [-0.2, 0) is 0 Å². The van der Waals surface area contributed by atoms with Crippen molar-refractivity contribution in [1.82, 2.24) is 15.1 Å². The number of anilines is 1. The largest absolute Gasteiger partial charge is 0.391 e. The molecule has 0 saturated carbocycles. The molecule has 18 heavy (non-hydrogen) atoms. The third kappa shape index (κ3) is 3.40. The summed E-state index contributed by atoms with van der Waals surface area (Å²) in [6, 6.07) is 3.28. The molecule has 6 nitrogen and oxygen atoms in total. The standard InChI is InChI=1S/C12H20N4O2/c1-8(17)12(2,3)13-10-7-6-9(14-15-10)11(18)16(4)5/h6-8,17H,1-5H3,(H,13,15). The molecule has 1 heterocycles. The van der Waals surface area contributed by atoms with Gasteiger partial charge >= 0.3 is 0 Å². The minimum absolute atomic E-state index is 0.191. The van der Waals surface area contributed by atoms with Gasteiger partial charge in [-0.3, -0.25) is 4.79 Å². The Kier molecular flexibility index (Phi) is 4.24. The second-order valence-corrected chi connectivity index (χ2v) is 5.03. The third-order valence-electron chi connectivity index (χ3n) is 2.78. The van der Waals surface area contributed by atoms with Crippen molar-refractivity contribution in [3.05, 3.63) is 17.8 Å². The van der Waals surface area contributed by atoms with Gasteiger partial charge in [-0.25, -0.2) is 0 Å². The second-order valence-electron chi connectivity index (χ2n) is 5.03. The molecule has 1 atom stereocenters. The van der Waals surface area contributed by atoms with Crippen LogP contribution in [0.3, 0.4) is 0 Å². The van der Waals surface area contributed by atoms with Gasteiger partial charge in [-0.2, -0.15) is 0 Å². The van der Waals surface area contributed by atoms with E-state index in [0.29, 0.717) is 11.5 Å². The van der Waals surface area contributed by atoms with Gasteiger partial charge in [-0.15, -0.1) is 10.2 Å². The van der Waals surface area contributed by atoms with Crippen LogP contribution in [0.5, 0.6) is 0 Å². The maximum atomic E-state index is 11.6. The lowest BCUT2D eigenvalue weighted by molar-refractivity contribution is 0.0820. The van der Waals surface area contributed by atoms with Crippen LogP contribution in [-0.4, -0.2) is 51.8 Å². The van der Waals surface area contributed by atoms with Gasteiger partial charge in [0.1, 0.15) is 5.82 Å². The molecule has 1 rings (SSSR count). The van der Waals surface area contributed by atoms with E-state index in [4.69, 9.17) is 0 Å². The zero-order valence-corrected chi connectivity index (χ0v) is 11.4. The summed E-state index contributed by atoms with van der Waals surface area (Å²) in [5, 5.41) is 20.4. The van der Waals surface area contributed by atoms with Crippen LogP contribution >= 0.6 is 0 Å². The molecule has 100 valence electrons. The molecule has 0 fully saturated rings. The molecule has 0 aromatic carbocycles. The number of carbonyl (C=O) groups excluding carboxylic acids is 1. The Hall–Kier alpha value is -1.69. The molecule has 0 aliphatic heterocycles. The van der Waals surface area contributed by atoms with Crippen LogP contribution in [0.15, 0.2) is 12.1 Å². The zero-order valence-electron chi connectivity index (χ0n) is 11.4. The summed E-state index contributed by atoms with van der Waals surface area (Å²) in [6.45, 7) is 5.42. The van der Waals surface area contributed by atoms with Crippen molar-refractivity contribution >= 4 is 11.7 Å². The first kappa shape index (κ1) is 14.4. The lowest BCUT2D eigenvalue weighted by Gasteiger charge is -2.29. The van der Waals surface area contributed by atoms with Crippen LogP contribution in [0.25, 0.3) is 0 Å². The molecule has 2 N–H and O–H groups in total. The molecule has 6 heteroatoms. The highest BCUT2D eigenvalue weighted by molar-refractivity contribution is 5.91. The lowest BCUT2D eigenvalue weighted by Crippen LogP contribution is -2.42. The van der Waals surface area contributed by atoms with Gasteiger partial charge in [-0.05, 0) is 32.9 Å². The van der Waals surface area contributed by atoms with Crippen LogP contribution in [0, 0.1) is 0 Å². The molecule has 0 aliphatic rings. The fraction of sp³-hybridized carbons (Fsp3) is 0.583. The number of nitrogens with zero attached hydrogens (tertiary/aromatic N) is 3. The van der Waals surface area contributed by atoms with Crippen LogP contribution < -0.4 is 5.32 Å². The quantitative estimate of drug-likeness (QED) is 0.826. The third-order valence-corrected chi connectivity index (χ3v) is 2.78. The predicted molar refractivity (Wildman–Crippen MR) is 69.4 cm³/mol. The zero-order chi connectivity index (χ0) is 13.9. The monoisotopic (exact) mass is 252 g/mol. The summed E-state index contributed by atoms with van der Waals surface area (Å²) >= 11 is 0. The first-order valence-corrected chi connectivity index (χ1v) is 5.75. The van der Waals surface area contributed by atoms with Crippen molar-refractivity contribution in [2.24, 2.45) is 0 Å². The SMILES string of the molecule is CC(O)C(C)(C)Nc1ccc(C(=O)N(C)C)nn1. The van der Waals surface area contributed by atoms with Crippen molar-refractivity contribution in [3.63, 3.8) is 0 Å². The summed E-state index contributed by atoms with van der Waals surface area (Å²) in [4.78, 5) is 13.1. The van der Waals surface area contributed by atoms with E-state index in [1.165, 1.54) is 4.90 Å². The summed E-state index contributed by atoms with van der Waals surface area (Å²) in [7, 11) is 3.32. The maximum Gasteiger partial charge on any atom is 0.273 e. The predicted octanol–water partition coefficient (Wildman–Crippen LogP) is 0.750. The van der Waals surface area contributed by atoms with Gasteiger partial charge in [-0.1, -0.05) is 0 Å². The number of aliphatic hydroxyl groups is 1. The molecule has 0 radical (unpaired) electrons. The molecular formula is C12H20N4O2. The lowest BCUT2D eigenvalue weighted by atomic mass is 9.99. The Labute approximate surface area is 107 Å². The highest BCUT2D eigenvalue weighted by Gasteiger charge is 2.24. The molecular weight excluding hydrogens is 232 g/mol. The number of rotatable bonds is 4. The fourth-order valence-corrected chi connectivity index (χ4v) is 1.18. The smallest absolute Gasteiger partial charge is 0.273 e. The molecule has 0 spiro atoms. The van der Waals surface area contributed by atoms with E-state index in [1.807, 2.05) is 13.8 Å². The van der Waals surface area contributed by atoms with Gasteiger partial charge in [0.2, 0.25) is 0 Å². The number of hydrogen-bond donors (Lipinski definition) is 2. The first-order chi connectivity index (χ1) is 8.24. The molecule has 0 bridgehead atoms. The number of carbonyl (C=O) groups is 1. The van der Waals surface area contributed by atoms with E-state index in [-0.39, 0.29) is 5.91 Å². The number of amides is 1. The number of aliphatic hydroxyl groups excluding tert-OH is 1. The minimum atomic E-state index is -0.539. The normalized spacial score (nSPS) is 13.0. The van der Waals surface area contributed by atoms with Crippen molar-refractivity contribution in [2.75, 3.05) is 19.4 Å². The molecule has 1 aromatic heterocycles. The van der Waals surface area contributed by atoms with Gasteiger partial charge in [0.15, 0.2) is 5.69 Å².